The summed E-state index contributed by atoms with van der Waals surface area (Å²) >= 11 is 5.27. The highest BCUT2D eigenvalue weighted by molar-refractivity contribution is 9.10. The zero-order valence-corrected chi connectivity index (χ0v) is 13.4. The average molecular weight is 343 g/mol. The van der Waals surface area contributed by atoms with Gasteiger partial charge in [-0.3, -0.25) is 4.79 Å². The summed E-state index contributed by atoms with van der Waals surface area (Å²) in [6, 6.07) is 8.59. The molecule has 0 radical (unpaired) electrons. The summed E-state index contributed by atoms with van der Waals surface area (Å²) in [5.41, 5.74) is 4.95. The third-order valence-corrected chi connectivity index (χ3v) is 5.37. The van der Waals surface area contributed by atoms with Crippen molar-refractivity contribution in [1.29, 1.82) is 0 Å². The van der Waals surface area contributed by atoms with Crippen molar-refractivity contribution in [2.24, 2.45) is 5.73 Å². The fourth-order valence-corrected chi connectivity index (χ4v) is 3.61. The zero-order valence-electron chi connectivity index (χ0n) is 11.0. The number of rotatable bonds is 7. The van der Waals surface area contributed by atoms with Gasteiger partial charge in [-0.25, -0.2) is 0 Å². The number of benzene rings is 1. The number of halogens is 1. The number of nitrogens with two attached hydrogens (primary N) is 1. The molecule has 5 heteroatoms. The van der Waals surface area contributed by atoms with Crippen molar-refractivity contribution < 1.29 is 4.79 Å². The minimum atomic E-state index is -0.588. The molecular formula is C14H19BrN2OS. The molecule has 1 aromatic carbocycles. The minimum absolute atomic E-state index is 0.257. The van der Waals surface area contributed by atoms with E-state index in [0.29, 0.717) is 6.04 Å². The molecule has 3 nitrogen and oxygen atoms in total. The van der Waals surface area contributed by atoms with E-state index in [4.69, 9.17) is 5.73 Å². The Bertz CT molecular complexity index is 465. The second-order valence-electron chi connectivity index (χ2n) is 5.14. The first kappa shape index (κ1) is 14.9. The zero-order chi connectivity index (χ0) is 13.9. The van der Waals surface area contributed by atoms with E-state index in [1.54, 1.807) is 11.8 Å². The lowest BCUT2D eigenvalue weighted by Gasteiger charge is -2.27. The molecule has 1 fully saturated rings. The van der Waals surface area contributed by atoms with Crippen LogP contribution in [0.4, 0.5) is 0 Å². The van der Waals surface area contributed by atoms with Crippen LogP contribution in [0.5, 0.6) is 0 Å². The Labute approximate surface area is 126 Å². The first-order valence-electron chi connectivity index (χ1n) is 6.46. The third-order valence-electron chi connectivity index (χ3n) is 3.34. The lowest BCUT2D eigenvalue weighted by atomic mass is 9.98. The number of thioether (sulfide) groups is 1. The molecule has 0 spiro atoms. The summed E-state index contributed by atoms with van der Waals surface area (Å²) in [7, 11) is 0. The highest BCUT2D eigenvalue weighted by atomic mass is 79.9. The predicted octanol–water partition coefficient (Wildman–Crippen LogP) is 2.93. The molecule has 0 aliphatic heterocycles. The van der Waals surface area contributed by atoms with Crippen LogP contribution in [0.1, 0.15) is 26.2 Å². The standard InChI is InChI=1S/C14H19BrN2OS/c1-14(13(16)18,17-10-6-7-10)8-9-19-12-5-3-2-4-11(12)15/h2-5,10,17H,6-9H2,1H3,(H2,16,18). The van der Waals surface area contributed by atoms with Crippen LogP contribution in [0.3, 0.4) is 0 Å². The molecule has 3 N–H and O–H groups in total. The molecule has 1 atom stereocenters. The van der Waals surface area contributed by atoms with Crippen LogP contribution in [-0.4, -0.2) is 23.2 Å². The molecule has 1 amide bonds. The van der Waals surface area contributed by atoms with E-state index in [9.17, 15) is 4.79 Å². The fraction of sp³-hybridized carbons (Fsp3) is 0.500. The number of carbonyl (C=O) groups is 1. The van der Waals surface area contributed by atoms with E-state index < -0.39 is 5.54 Å². The van der Waals surface area contributed by atoms with E-state index in [2.05, 4.69) is 27.3 Å². The summed E-state index contributed by atoms with van der Waals surface area (Å²) in [5.74, 6) is 0.606. The molecule has 0 saturated heterocycles. The summed E-state index contributed by atoms with van der Waals surface area (Å²) in [6.45, 7) is 1.91. The molecular weight excluding hydrogens is 324 g/mol. The van der Waals surface area contributed by atoms with E-state index in [-0.39, 0.29) is 5.91 Å². The van der Waals surface area contributed by atoms with Gasteiger partial charge in [0.25, 0.3) is 0 Å². The molecule has 0 heterocycles. The second-order valence-corrected chi connectivity index (χ2v) is 7.13. The van der Waals surface area contributed by atoms with Gasteiger partial charge in [-0.1, -0.05) is 12.1 Å². The summed E-state index contributed by atoms with van der Waals surface area (Å²) in [4.78, 5) is 12.8. The third kappa shape index (κ3) is 4.23. The Balaban J connectivity index is 1.88. The van der Waals surface area contributed by atoms with Crippen LogP contribution < -0.4 is 11.1 Å². The SMILES string of the molecule is CC(CCSc1ccccc1Br)(NC1CC1)C(N)=O. The van der Waals surface area contributed by atoms with Gasteiger partial charge in [0.05, 0.1) is 5.54 Å². The van der Waals surface area contributed by atoms with Crippen molar-refractivity contribution in [3.8, 4) is 0 Å². The Morgan fingerprint density at radius 2 is 2.21 bits per heavy atom. The van der Waals surface area contributed by atoms with Gasteiger partial charge < -0.3 is 11.1 Å². The Hall–Kier alpha value is -0.520. The van der Waals surface area contributed by atoms with Crippen LogP contribution in [0.2, 0.25) is 0 Å². The van der Waals surface area contributed by atoms with Gasteiger partial charge in [0, 0.05) is 21.2 Å². The predicted molar refractivity (Wildman–Crippen MR) is 83.2 cm³/mol. The molecule has 1 aromatic rings. The van der Waals surface area contributed by atoms with Crippen molar-refractivity contribution in [1.82, 2.24) is 5.32 Å². The first-order chi connectivity index (χ1) is 9.01. The quantitative estimate of drug-likeness (QED) is 0.749. The summed E-state index contributed by atoms with van der Waals surface area (Å²) < 4.78 is 1.09. The van der Waals surface area contributed by atoms with Crippen LogP contribution in [0.15, 0.2) is 33.6 Å². The van der Waals surface area contributed by atoms with Crippen LogP contribution >= 0.6 is 27.7 Å². The van der Waals surface area contributed by atoms with Crippen molar-refractivity contribution in [2.45, 2.75) is 42.7 Å². The fourth-order valence-electron chi connectivity index (χ4n) is 1.87. The Morgan fingerprint density at radius 3 is 2.79 bits per heavy atom. The molecule has 0 aromatic heterocycles. The largest absolute Gasteiger partial charge is 0.368 e. The maximum Gasteiger partial charge on any atom is 0.237 e. The van der Waals surface area contributed by atoms with Gasteiger partial charge in [0.1, 0.15) is 0 Å². The van der Waals surface area contributed by atoms with Crippen LogP contribution in [0, 0.1) is 0 Å². The van der Waals surface area contributed by atoms with Crippen molar-refractivity contribution in [2.75, 3.05) is 5.75 Å². The lowest BCUT2D eigenvalue weighted by molar-refractivity contribution is -0.124. The van der Waals surface area contributed by atoms with Crippen molar-refractivity contribution in [3.63, 3.8) is 0 Å². The molecule has 0 bridgehead atoms. The first-order valence-corrected chi connectivity index (χ1v) is 8.24. The van der Waals surface area contributed by atoms with Gasteiger partial charge in [-0.05, 0) is 54.2 Å². The number of hydrogen-bond donors (Lipinski definition) is 2. The molecule has 2 rings (SSSR count). The van der Waals surface area contributed by atoms with E-state index in [1.165, 1.54) is 4.90 Å². The molecule has 1 aliphatic carbocycles. The number of nitrogens with one attached hydrogen (secondary N) is 1. The Kier molecular flexibility index (Phi) is 4.92. The second kappa shape index (κ2) is 6.29. The average Bonchev–Trinajstić information content (AvgIpc) is 3.15. The van der Waals surface area contributed by atoms with Gasteiger partial charge in [0.2, 0.25) is 5.91 Å². The van der Waals surface area contributed by atoms with Gasteiger partial charge in [-0.15, -0.1) is 11.8 Å². The molecule has 19 heavy (non-hydrogen) atoms. The number of amides is 1. The monoisotopic (exact) mass is 342 g/mol. The van der Waals surface area contributed by atoms with Gasteiger partial charge in [0.15, 0.2) is 0 Å². The maximum absolute atomic E-state index is 11.6. The van der Waals surface area contributed by atoms with Crippen molar-refractivity contribution in [3.05, 3.63) is 28.7 Å². The normalized spacial score (nSPS) is 18.0. The molecule has 1 unspecified atom stereocenters. The molecule has 104 valence electrons. The molecule has 1 saturated carbocycles. The summed E-state index contributed by atoms with van der Waals surface area (Å²) in [5, 5.41) is 3.37. The van der Waals surface area contributed by atoms with Crippen molar-refractivity contribution >= 4 is 33.6 Å². The number of primary amides is 1. The van der Waals surface area contributed by atoms with E-state index in [1.807, 2.05) is 25.1 Å². The lowest BCUT2D eigenvalue weighted by Crippen LogP contribution is -2.54. The highest BCUT2D eigenvalue weighted by Crippen LogP contribution is 2.30. The van der Waals surface area contributed by atoms with E-state index >= 15 is 0 Å². The number of hydrogen-bond acceptors (Lipinski definition) is 3. The van der Waals surface area contributed by atoms with Gasteiger partial charge in [-0.2, -0.15) is 0 Å². The smallest absolute Gasteiger partial charge is 0.237 e. The maximum atomic E-state index is 11.6. The highest BCUT2D eigenvalue weighted by Gasteiger charge is 2.36. The molecule has 1 aliphatic rings. The Morgan fingerprint density at radius 1 is 1.53 bits per heavy atom. The van der Waals surface area contributed by atoms with Crippen LogP contribution in [0.25, 0.3) is 0 Å². The number of carbonyl (C=O) groups excluding carboxylic acids is 1. The summed E-state index contributed by atoms with van der Waals surface area (Å²) in [6.07, 6.45) is 3.05. The van der Waals surface area contributed by atoms with E-state index in [0.717, 1.165) is 29.5 Å². The van der Waals surface area contributed by atoms with Gasteiger partial charge >= 0.3 is 0 Å². The topological polar surface area (TPSA) is 55.1 Å². The minimum Gasteiger partial charge on any atom is -0.368 e. The van der Waals surface area contributed by atoms with Crippen LogP contribution in [-0.2, 0) is 4.79 Å².